The monoisotopic (exact) mass is 472 g/mol. The van der Waals surface area contributed by atoms with Crippen molar-refractivity contribution in [1.29, 1.82) is 0 Å². The summed E-state index contributed by atoms with van der Waals surface area (Å²) in [6.07, 6.45) is -0.00970. The molecule has 5 aromatic rings. The average Bonchev–Trinajstić information content (AvgIpc) is 2.94. The van der Waals surface area contributed by atoms with E-state index in [1.807, 2.05) is 24.3 Å². The Balaban J connectivity index is 1.43. The van der Waals surface area contributed by atoms with Crippen molar-refractivity contribution in [1.82, 2.24) is 0 Å². The lowest BCUT2D eigenvalue weighted by Gasteiger charge is -2.33. The van der Waals surface area contributed by atoms with Crippen molar-refractivity contribution in [2.75, 3.05) is 0 Å². The molecule has 1 aliphatic rings. The lowest BCUT2D eigenvalue weighted by molar-refractivity contribution is -0.0436. The van der Waals surface area contributed by atoms with Crippen LogP contribution in [0.4, 0.5) is 0 Å². The van der Waals surface area contributed by atoms with Crippen molar-refractivity contribution in [3.05, 3.63) is 131 Å². The summed E-state index contributed by atoms with van der Waals surface area (Å²) >= 11 is 0. The number of esters is 2. The van der Waals surface area contributed by atoms with Gasteiger partial charge < -0.3 is 9.47 Å². The lowest BCUT2D eigenvalue weighted by Crippen LogP contribution is -2.33. The van der Waals surface area contributed by atoms with Crippen LogP contribution in [0.25, 0.3) is 21.5 Å². The molecule has 2 atom stereocenters. The molecule has 0 saturated carbocycles. The van der Waals surface area contributed by atoms with Crippen LogP contribution in [0.5, 0.6) is 0 Å². The van der Waals surface area contributed by atoms with Crippen LogP contribution in [0.3, 0.4) is 0 Å². The van der Waals surface area contributed by atoms with Gasteiger partial charge in [0.1, 0.15) is 6.10 Å². The highest BCUT2D eigenvalue weighted by molar-refractivity contribution is 6.08. The Bertz CT molecular complexity index is 1570. The van der Waals surface area contributed by atoms with Gasteiger partial charge in [-0.15, -0.1) is 0 Å². The molecule has 0 aliphatic heterocycles. The van der Waals surface area contributed by atoms with Gasteiger partial charge in [-0.05, 0) is 70.3 Å². The number of fused-ring (bicyclic) bond motifs is 4. The van der Waals surface area contributed by atoms with E-state index in [0.29, 0.717) is 17.5 Å². The highest BCUT2D eigenvalue weighted by Crippen LogP contribution is 2.39. The first-order valence-electron chi connectivity index (χ1n) is 12.1. The van der Waals surface area contributed by atoms with E-state index in [9.17, 15) is 9.59 Å². The van der Waals surface area contributed by atoms with E-state index in [1.54, 1.807) is 48.5 Å². The minimum absolute atomic E-state index is 0.420. The molecule has 0 spiro atoms. The SMILES string of the molecule is O=C(O[C@@H]1CCc2cc3ccc4ccccc4c3cc2[C@@H]1OC(=O)c1ccccc1)c1ccccc1. The summed E-state index contributed by atoms with van der Waals surface area (Å²) in [6.45, 7) is 0. The quantitative estimate of drug-likeness (QED) is 0.207. The highest BCUT2D eigenvalue weighted by atomic mass is 16.6. The van der Waals surface area contributed by atoms with E-state index >= 15 is 0 Å². The Morgan fingerprint density at radius 2 is 1.22 bits per heavy atom. The van der Waals surface area contributed by atoms with E-state index in [1.165, 1.54) is 0 Å². The number of carbonyl (C=O) groups is 2. The molecule has 4 heteroatoms. The molecule has 5 aromatic carbocycles. The van der Waals surface area contributed by atoms with Gasteiger partial charge in [0.15, 0.2) is 6.10 Å². The summed E-state index contributed by atoms with van der Waals surface area (Å²) in [5.74, 6) is -0.858. The Morgan fingerprint density at radius 3 is 1.94 bits per heavy atom. The fraction of sp³-hybridized carbons (Fsp3) is 0.125. The van der Waals surface area contributed by atoms with Gasteiger partial charge in [-0.25, -0.2) is 9.59 Å². The Labute approximate surface area is 209 Å². The molecule has 0 fully saturated rings. The molecule has 4 nitrogen and oxygen atoms in total. The van der Waals surface area contributed by atoms with Gasteiger partial charge in [0.05, 0.1) is 11.1 Å². The summed E-state index contributed by atoms with van der Waals surface area (Å²) in [4.78, 5) is 26.1. The number of hydrogen-bond donors (Lipinski definition) is 0. The molecule has 0 amide bonds. The van der Waals surface area contributed by atoms with E-state index in [2.05, 4.69) is 36.4 Å². The van der Waals surface area contributed by atoms with Crippen molar-refractivity contribution < 1.29 is 19.1 Å². The van der Waals surface area contributed by atoms with Crippen LogP contribution in [0.1, 0.15) is 44.4 Å². The van der Waals surface area contributed by atoms with Gasteiger partial charge in [0.2, 0.25) is 0 Å². The minimum atomic E-state index is -0.711. The maximum atomic E-state index is 13.1. The largest absolute Gasteiger partial charge is 0.454 e. The number of aryl methyl sites for hydroxylation is 1. The van der Waals surface area contributed by atoms with Gasteiger partial charge in [-0.1, -0.05) is 78.9 Å². The number of hydrogen-bond acceptors (Lipinski definition) is 4. The van der Waals surface area contributed by atoms with E-state index < -0.39 is 24.1 Å². The summed E-state index contributed by atoms with van der Waals surface area (Å²) in [6, 6.07) is 34.6. The van der Waals surface area contributed by atoms with Crippen LogP contribution in [0.15, 0.2) is 109 Å². The summed E-state index contributed by atoms with van der Waals surface area (Å²) in [5, 5.41) is 4.50. The molecule has 176 valence electrons. The minimum Gasteiger partial charge on any atom is -0.454 e. The van der Waals surface area contributed by atoms with Crippen LogP contribution in [-0.2, 0) is 15.9 Å². The molecule has 36 heavy (non-hydrogen) atoms. The first-order chi connectivity index (χ1) is 17.7. The maximum absolute atomic E-state index is 13.1. The molecular formula is C32H24O4. The maximum Gasteiger partial charge on any atom is 0.338 e. The normalized spacial score (nSPS) is 16.9. The number of carbonyl (C=O) groups excluding carboxylic acids is 2. The molecule has 0 aromatic heterocycles. The molecule has 0 N–H and O–H groups in total. The number of ether oxygens (including phenoxy) is 2. The zero-order chi connectivity index (χ0) is 24.5. The smallest absolute Gasteiger partial charge is 0.338 e. The molecule has 0 bridgehead atoms. The third kappa shape index (κ3) is 4.11. The van der Waals surface area contributed by atoms with Crippen molar-refractivity contribution in [2.24, 2.45) is 0 Å². The van der Waals surface area contributed by atoms with E-state index in [0.717, 1.165) is 39.1 Å². The molecule has 0 radical (unpaired) electrons. The predicted molar refractivity (Wildman–Crippen MR) is 140 cm³/mol. The standard InChI is InChI=1S/C32H24O4/c33-31(22-10-3-1-4-11-22)35-29-18-17-25-19-24-16-15-21-9-7-8-14-26(21)27(24)20-28(25)30(29)36-32(34)23-12-5-2-6-13-23/h1-16,19-20,29-30H,17-18H2/t29-,30+/m1/s1. The lowest BCUT2D eigenvalue weighted by atomic mass is 9.84. The van der Waals surface area contributed by atoms with Crippen LogP contribution in [-0.4, -0.2) is 18.0 Å². The summed E-state index contributed by atoms with van der Waals surface area (Å²) in [5.41, 5.74) is 2.93. The van der Waals surface area contributed by atoms with E-state index in [4.69, 9.17) is 9.47 Å². The second-order valence-electron chi connectivity index (χ2n) is 9.10. The van der Waals surface area contributed by atoms with Crippen LogP contribution >= 0.6 is 0 Å². The van der Waals surface area contributed by atoms with E-state index in [-0.39, 0.29) is 0 Å². The van der Waals surface area contributed by atoms with Crippen LogP contribution in [0, 0.1) is 0 Å². The first-order valence-corrected chi connectivity index (χ1v) is 12.1. The summed E-state index contributed by atoms with van der Waals surface area (Å²) < 4.78 is 12.1. The van der Waals surface area contributed by atoms with Gasteiger partial charge in [-0.3, -0.25) is 0 Å². The number of benzene rings is 5. The van der Waals surface area contributed by atoms with Crippen molar-refractivity contribution in [2.45, 2.75) is 25.0 Å². The van der Waals surface area contributed by atoms with Gasteiger partial charge in [0.25, 0.3) is 0 Å². The van der Waals surface area contributed by atoms with Gasteiger partial charge >= 0.3 is 11.9 Å². The molecule has 0 heterocycles. The summed E-state index contributed by atoms with van der Waals surface area (Å²) in [7, 11) is 0. The van der Waals surface area contributed by atoms with Crippen LogP contribution < -0.4 is 0 Å². The predicted octanol–water partition coefficient (Wildman–Crippen LogP) is 7.06. The van der Waals surface area contributed by atoms with Crippen molar-refractivity contribution >= 4 is 33.5 Å². The zero-order valence-corrected chi connectivity index (χ0v) is 19.6. The Kier molecular flexibility index (Phi) is 5.70. The fourth-order valence-corrected chi connectivity index (χ4v) is 5.05. The van der Waals surface area contributed by atoms with Gasteiger partial charge in [0, 0.05) is 5.56 Å². The molecule has 0 unspecified atom stereocenters. The topological polar surface area (TPSA) is 52.6 Å². The second-order valence-corrected chi connectivity index (χ2v) is 9.10. The molecule has 6 rings (SSSR count). The third-order valence-electron chi connectivity index (χ3n) is 6.86. The highest BCUT2D eigenvalue weighted by Gasteiger charge is 2.36. The molecule has 0 saturated heterocycles. The molecular weight excluding hydrogens is 448 g/mol. The Morgan fingerprint density at radius 1 is 0.611 bits per heavy atom. The second kappa shape index (κ2) is 9.31. The van der Waals surface area contributed by atoms with Crippen molar-refractivity contribution in [3.8, 4) is 0 Å². The molecule has 1 aliphatic carbocycles. The zero-order valence-electron chi connectivity index (χ0n) is 19.6. The van der Waals surface area contributed by atoms with Crippen LogP contribution in [0.2, 0.25) is 0 Å². The fourth-order valence-electron chi connectivity index (χ4n) is 5.05. The van der Waals surface area contributed by atoms with Gasteiger partial charge in [-0.2, -0.15) is 0 Å². The van der Waals surface area contributed by atoms with Crippen molar-refractivity contribution in [3.63, 3.8) is 0 Å². The third-order valence-corrected chi connectivity index (χ3v) is 6.86. The first kappa shape index (κ1) is 22.1. The Hall–Kier alpha value is -4.44. The number of rotatable bonds is 4. The average molecular weight is 473 g/mol.